The van der Waals surface area contributed by atoms with Crippen molar-refractivity contribution in [3.05, 3.63) is 389 Å². The molecule has 0 saturated heterocycles. The molecule has 7 heteroatoms. The van der Waals surface area contributed by atoms with E-state index in [4.69, 9.17) is 0 Å². The molecular weight excluding hydrogens is 1360 g/mol. The molecule has 5 nitrogen and oxygen atoms in total. The molecule has 0 aromatic heterocycles. The first-order valence-corrected chi connectivity index (χ1v) is 39.8. The molecule has 4 heterocycles. The number of hydrogen-bond acceptors (Lipinski definition) is 5. The van der Waals surface area contributed by atoms with Crippen LogP contribution in [-0.2, 0) is 0 Å². The van der Waals surface area contributed by atoms with E-state index < -0.39 is 0 Å². The number of para-hydroxylation sites is 4. The van der Waals surface area contributed by atoms with Gasteiger partial charge < -0.3 is 24.5 Å². The van der Waals surface area contributed by atoms with Gasteiger partial charge in [0.05, 0.1) is 5.69 Å². The second-order valence-corrected chi connectivity index (χ2v) is 31.7. The van der Waals surface area contributed by atoms with E-state index >= 15 is 0 Å². The van der Waals surface area contributed by atoms with E-state index in [1.807, 2.05) is 0 Å². The van der Waals surface area contributed by atoms with Gasteiger partial charge >= 0.3 is 0 Å². The Bertz CT molecular complexity index is 6310. The smallest absolute Gasteiger partial charge is 0.252 e. The number of benzene rings is 16. The standard InChI is InChI=1S/C106H85B2N5/c1-66-27-22-28-67(2)100(66)76-45-52-84(53-46-76)109(85-54-47-77(48-55-85)101-68(3)29-23-30-69(101)4)87-62-98-106-99(63-87)113(83-41-18-13-19-42-83)94-65-95-91(64-90(94)107(106)88-43-20-21-44-92(88)110(98)81-37-14-11-15-38-81)108-89-59-79(103-72(7)33-25-34-73(103)8)51-58-93(89)111(86-56-49-78(50-57-86)102-70(5)31-24-32-71(102)6)96-60-80(104-74(9)35-26-36-75(104)10)61-97(105(96)108)112(95)82-39-16-12-17-40-82/h11-65H,1-10H3. The number of nitrogens with zero attached hydrogens (tertiary/aromatic N) is 5. The number of hydrogen-bond donors (Lipinski definition) is 0. The van der Waals surface area contributed by atoms with Gasteiger partial charge in [-0.25, -0.2) is 0 Å². The maximum Gasteiger partial charge on any atom is 0.252 e. The Morgan fingerprint density at radius 2 is 0.478 bits per heavy atom. The van der Waals surface area contributed by atoms with Crippen molar-refractivity contribution < 1.29 is 0 Å². The summed E-state index contributed by atoms with van der Waals surface area (Å²) in [5, 5.41) is 0. The lowest BCUT2D eigenvalue weighted by atomic mass is 9.30. The molecule has 0 radical (unpaired) electrons. The Balaban J connectivity index is 0.884. The van der Waals surface area contributed by atoms with Crippen molar-refractivity contribution >= 4 is 132 Å². The average Bonchev–Trinajstić information content (AvgIpc) is 0.682. The molecule has 0 amide bonds. The molecule has 0 fully saturated rings. The third-order valence-electron chi connectivity index (χ3n) is 24.7. The molecule has 4 aliphatic rings. The summed E-state index contributed by atoms with van der Waals surface area (Å²) in [7, 11) is 0. The topological polar surface area (TPSA) is 16.2 Å². The van der Waals surface area contributed by atoms with E-state index in [2.05, 4.69) is 427 Å². The fraction of sp³-hybridized carbons (Fsp3) is 0.0943. The van der Waals surface area contributed by atoms with Gasteiger partial charge in [0.2, 0.25) is 0 Å². The van der Waals surface area contributed by atoms with Crippen LogP contribution in [0.3, 0.4) is 0 Å². The van der Waals surface area contributed by atoms with E-state index in [0.717, 1.165) is 79.6 Å². The Labute approximate surface area is 665 Å². The zero-order valence-corrected chi connectivity index (χ0v) is 65.6. The zero-order valence-electron chi connectivity index (χ0n) is 65.6. The van der Waals surface area contributed by atoms with Gasteiger partial charge in [0.15, 0.2) is 0 Å². The van der Waals surface area contributed by atoms with Crippen molar-refractivity contribution in [3.8, 4) is 55.6 Å². The fourth-order valence-electron chi connectivity index (χ4n) is 19.8. The Morgan fingerprint density at radius 3 is 0.876 bits per heavy atom. The lowest BCUT2D eigenvalue weighted by molar-refractivity contribution is 1.22. The second kappa shape index (κ2) is 27.3. The van der Waals surface area contributed by atoms with Gasteiger partial charge in [-0.2, -0.15) is 0 Å². The highest BCUT2D eigenvalue weighted by Gasteiger charge is 2.49. The normalized spacial score (nSPS) is 12.8. The maximum atomic E-state index is 2.68. The van der Waals surface area contributed by atoms with Crippen LogP contribution in [0.1, 0.15) is 55.6 Å². The summed E-state index contributed by atoms with van der Waals surface area (Å²) in [6.45, 7) is 22.0. The molecule has 0 atom stereocenters. The van der Waals surface area contributed by atoms with Gasteiger partial charge in [-0.15, -0.1) is 0 Å². The van der Waals surface area contributed by atoms with Crippen LogP contribution in [0, 0.1) is 69.2 Å². The molecular formula is C106H85B2N5. The molecule has 0 aliphatic carbocycles. The monoisotopic (exact) mass is 1450 g/mol. The largest absolute Gasteiger partial charge is 0.311 e. The predicted molar refractivity (Wildman–Crippen MR) is 484 cm³/mol. The van der Waals surface area contributed by atoms with Gasteiger partial charge in [0, 0.05) is 79.6 Å². The van der Waals surface area contributed by atoms with Crippen molar-refractivity contribution in [1.29, 1.82) is 0 Å². The third-order valence-corrected chi connectivity index (χ3v) is 24.7. The molecule has 16 aromatic carbocycles. The quantitative estimate of drug-likeness (QED) is 0.113. The minimum atomic E-state index is -0.236. The molecule has 0 spiro atoms. The number of rotatable bonds is 12. The van der Waals surface area contributed by atoms with Crippen molar-refractivity contribution in [2.24, 2.45) is 0 Å². The highest BCUT2D eigenvalue weighted by Crippen LogP contribution is 2.53. The molecule has 0 N–H and O–H groups in total. The lowest BCUT2D eigenvalue weighted by Crippen LogP contribution is -2.65. The minimum Gasteiger partial charge on any atom is -0.311 e. The van der Waals surface area contributed by atoms with Crippen molar-refractivity contribution in [2.75, 3.05) is 24.5 Å². The summed E-state index contributed by atoms with van der Waals surface area (Å²) < 4.78 is 0. The average molecular weight is 1450 g/mol. The van der Waals surface area contributed by atoms with Gasteiger partial charge in [-0.1, -0.05) is 218 Å². The maximum absolute atomic E-state index is 2.68. The van der Waals surface area contributed by atoms with E-state index in [9.17, 15) is 0 Å². The van der Waals surface area contributed by atoms with Gasteiger partial charge in [0.1, 0.15) is 0 Å². The Morgan fingerprint density at radius 1 is 0.186 bits per heavy atom. The van der Waals surface area contributed by atoms with E-state index in [1.54, 1.807) is 0 Å². The molecule has 4 aliphatic heterocycles. The van der Waals surface area contributed by atoms with Crippen LogP contribution in [0.5, 0.6) is 0 Å². The summed E-state index contributed by atoms with van der Waals surface area (Å²) in [6, 6.07) is 127. The second-order valence-electron chi connectivity index (χ2n) is 31.7. The van der Waals surface area contributed by atoms with Gasteiger partial charge in [-0.3, -0.25) is 0 Å². The molecule has 113 heavy (non-hydrogen) atoms. The van der Waals surface area contributed by atoms with E-state index in [0.29, 0.717) is 0 Å². The van der Waals surface area contributed by atoms with Crippen LogP contribution in [0.4, 0.5) is 85.3 Å². The zero-order chi connectivity index (χ0) is 76.6. The van der Waals surface area contributed by atoms with E-state index in [-0.39, 0.29) is 13.4 Å². The van der Waals surface area contributed by atoms with Crippen molar-refractivity contribution in [2.45, 2.75) is 69.2 Å². The highest BCUT2D eigenvalue weighted by molar-refractivity contribution is 7.03. The molecule has 0 bridgehead atoms. The van der Waals surface area contributed by atoms with Crippen LogP contribution < -0.4 is 57.3 Å². The molecule has 540 valence electrons. The number of aryl methyl sites for hydroxylation is 10. The molecule has 0 saturated carbocycles. The summed E-state index contributed by atoms with van der Waals surface area (Å²) >= 11 is 0. The first-order valence-electron chi connectivity index (χ1n) is 39.8. The summed E-state index contributed by atoms with van der Waals surface area (Å²) in [5.74, 6) is 0. The highest BCUT2D eigenvalue weighted by atomic mass is 15.2. The van der Waals surface area contributed by atoms with Gasteiger partial charge in [-0.05, 0) is 329 Å². The predicted octanol–water partition coefficient (Wildman–Crippen LogP) is 24.7. The summed E-state index contributed by atoms with van der Waals surface area (Å²) in [6.07, 6.45) is 0. The molecule has 16 aromatic rings. The molecule has 0 unspecified atom stereocenters. The van der Waals surface area contributed by atoms with E-state index in [1.165, 1.54) is 150 Å². The summed E-state index contributed by atoms with van der Waals surface area (Å²) in [5.41, 5.74) is 49.1. The van der Waals surface area contributed by atoms with Gasteiger partial charge in [0.25, 0.3) is 13.4 Å². The Kier molecular flexibility index (Phi) is 16.6. The minimum absolute atomic E-state index is 0.222. The van der Waals surface area contributed by atoms with Crippen LogP contribution in [0.2, 0.25) is 0 Å². The van der Waals surface area contributed by atoms with Crippen LogP contribution in [0.25, 0.3) is 55.6 Å². The lowest BCUT2D eigenvalue weighted by Gasteiger charge is -2.47. The van der Waals surface area contributed by atoms with Crippen molar-refractivity contribution in [3.63, 3.8) is 0 Å². The SMILES string of the molecule is Cc1cccc(C)c1-c1ccc(N(c2ccc(-c3c(C)cccc3C)cc2)c2cc3c4c(c2)N(c2ccccc2)c2cc5c(cc2B4c2ccccc2N3c2ccccc2)B2c3cc(-c4c(C)cccc4C)ccc3N(c3ccc(-c4c(C)cccc4C)cc3)c3cc(-c4c(C)cccc4C)cc(c32)N5c2ccccc2)cc1. The van der Waals surface area contributed by atoms with Crippen LogP contribution in [-0.4, -0.2) is 13.4 Å². The first kappa shape index (κ1) is 68.9. The summed E-state index contributed by atoms with van der Waals surface area (Å²) in [4.78, 5) is 12.9. The first-order chi connectivity index (χ1) is 55.2. The van der Waals surface area contributed by atoms with Crippen molar-refractivity contribution in [1.82, 2.24) is 0 Å². The van der Waals surface area contributed by atoms with Crippen LogP contribution >= 0.6 is 0 Å². The third kappa shape index (κ3) is 11.2. The number of anilines is 15. The van der Waals surface area contributed by atoms with Crippen LogP contribution in [0.15, 0.2) is 334 Å². The number of fused-ring (bicyclic) bond motifs is 8. The fourth-order valence-corrected chi connectivity index (χ4v) is 19.8. The Hall–Kier alpha value is -13.4. The molecule has 20 rings (SSSR count).